The summed E-state index contributed by atoms with van der Waals surface area (Å²) in [4.78, 5) is 15.4. The van der Waals surface area contributed by atoms with Crippen LogP contribution >= 0.6 is 11.7 Å². The molecule has 0 radical (unpaired) electrons. The standard InChI is InChI=1S/C13H11N5O3S/c14-5-6-1-2-7(10-9(6)15-22-16-10)18-12(20)11-8(19)3-4-17(11)13(18)21/h1-2,8,11,13,19,21H,3-4H2/t8-,11+,13?/m1/s1. The van der Waals surface area contributed by atoms with E-state index in [1.807, 2.05) is 6.07 Å². The van der Waals surface area contributed by atoms with Gasteiger partial charge in [0.25, 0.3) is 0 Å². The number of nitrogens with zero attached hydrogens (tertiary/aromatic N) is 5. The Balaban J connectivity index is 1.85. The molecule has 2 saturated heterocycles. The van der Waals surface area contributed by atoms with Gasteiger partial charge in [-0.2, -0.15) is 14.0 Å². The van der Waals surface area contributed by atoms with Gasteiger partial charge in [0.2, 0.25) is 5.91 Å². The Kier molecular flexibility index (Phi) is 2.88. The monoisotopic (exact) mass is 317 g/mol. The van der Waals surface area contributed by atoms with Crippen molar-refractivity contribution >= 4 is 34.4 Å². The molecule has 0 saturated carbocycles. The number of carbonyl (C=O) groups excluding carboxylic acids is 1. The van der Waals surface area contributed by atoms with E-state index in [-0.39, 0.29) is 5.91 Å². The molecular formula is C13H11N5O3S. The number of amides is 1. The van der Waals surface area contributed by atoms with Gasteiger partial charge in [-0.15, -0.1) is 0 Å². The Morgan fingerprint density at radius 3 is 2.82 bits per heavy atom. The number of aliphatic hydroxyl groups is 2. The number of fused-ring (bicyclic) bond motifs is 2. The molecule has 0 bridgehead atoms. The maximum atomic E-state index is 12.6. The molecule has 0 aliphatic carbocycles. The summed E-state index contributed by atoms with van der Waals surface area (Å²) >= 11 is 0.946. The first kappa shape index (κ1) is 13.5. The van der Waals surface area contributed by atoms with E-state index < -0.39 is 18.5 Å². The van der Waals surface area contributed by atoms with Crippen LogP contribution in [0.15, 0.2) is 12.1 Å². The van der Waals surface area contributed by atoms with Crippen LogP contribution in [0.2, 0.25) is 0 Å². The van der Waals surface area contributed by atoms with Crippen LogP contribution in [0.25, 0.3) is 11.0 Å². The Morgan fingerprint density at radius 1 is 1.32 bits per heavy atom. The fourth-order valence-electron chi connectivity index (χ4n) is 3.15. The normalized spacial score (nSPS) is 28.3. The first-order chi connectivity index (χ1) is 10.6. The third-order valence-corrected chi connectivity index (χ3v) is 4.73. The molecule has 2 N–H and O–H groups in total. The minimum Gasteiger partial charge on any atom is -0.391 e. The first-order valence-corrected chi connectivity index (χ1v) is 7.47. The van der Waals surface area contributed by atoms with Crippen molar-refractivity contribution in [2.45, 2.75) is 24.9 Å². The second kappa shape index (κ2) is 4.69. The van der Waals surface area contributed by atoms with Crippen LogP contribution in [0.1, 0.15) is 12.0 Å². The lowest BCUT2D eigenvalue weighted by atomic mass is 10.1. The lowest BCUT2D eigenvalue weighted by molar-refractivity contribution is -0.121. The molecule has 2 aliphatic heterocycles. The summed E-state index contributed by atoms with van der Waals surface area (Å²) in [5.41, 5.74) is 1.60. The van der Waals surface area contributed by atoms with Crippen molar-refractivity contribution in [3.8, 4) is 6.07 Å². The molecule has 22 heavy (non-hydrogen) atoms. The predicted molar refractivity (Wildman–Crippen MR) is 76.7 cm³/mol. The van der Waals surface area contributed by atoms with Crippen LogP contribution in [-0.4, -0.2) is 54.8 Å². The number of anilines is 1. The highest BCUT2D eigenvalue weighted by Gasteiger charge is 2.53. The van der Waals surface area contributed by atoms with Gasteiger partial charge in [-0.05, 0) is 18.6 Å². The van der Waals surface area contributed by atoms with E-state index in [9.17, 15) is 15.0 Å². The van der Waals surface area contributed by atoms with E-state index in [0.29, 0.717) is 35.2 Å². The zero-order valence-electron chi connectivity index (χ0n) is 11.2. The SMILES string of the molecule is N#Cc1ccc(N2C(=O)[C@@H]3[C@H](O)CCN3C2O)c2nsnc12. The molecule has 2 fully saturated rings. The summed E-state index contributed by atoms with van der Waals surface area (Å²) in [6, 6.07) is 4.44. The molecule has 1 amide bonds. The number of carbonyl (C=O) groups is 1. The smallest absolute Gasteiger partial charge is 0.250 e. The molecule has 3 atom stereocenters. The second-order valence-electron chi connectivity index (χ2n) is 5.30. The molecule has 1 aromatic heterocycles. The van der Waals surface area contributed by atoms with Crippen LogP contribution in [0, 0.1) is 11.3 Å². The molecule has 112 valence electrons. The fraction of sp³-hybridized carbons (Fsp3) is 0.385. The van der Waals surface area contributed by atoms with E-state index in [2.05, 4.69) is 8.75 Å². The molecule has 1 aromatic carbocycles. The third kappa shape index (κ3) is 1.63. The Labute approximate surface area is 129 Å². The van der Waals surface area contributed by atoms with Gasteiger partial charge in [-0.25, -0.2) is 4.90 Å². The van der Waals surface area contributed by atoms with Crippen LogP contribution < -0.4 is 4.90 Å². The summed E-state index contributed by atoms with van der Waals surface area (Å²) < 4.78 is 8.23. The highest BCUT2D eigenvalue weighted by molar-refractivity contribution is 7.00. The van der Waals surface area contributed by atoms with E-state index in [1.54, 1.807) is 17.0 Å². The van der Waals surface area contributed by atoms with Crippen molar-refractivity contribution in [1.82, 2.24) is 13.6 Å². The van der Waals surface area contributed by atoms with Gasteiger partial charge in [0.15, 0.2) is 6.35 Å². The molecule has 2 aromatic rings. The number of aromatic nitrogens is 2. The van der Waals surface area contributed by atoms with Crippen LogP contribution in [-0.2, 0) is 4.79 Å². The highest BCUT2D eigenvalue weighted by atomic mass is 32.1. The number of nitriles is 1. The summed E-state index contributed by atoms with van der Waals surface area (Å²) in [6.07, 6.45) is -1.47. The molecule has 3 heterocycles. The summed E-state index contributed by atoms with van der Waals surface area (Å²) in [5.74, 6) is -0.364. The van der Waals surface area contributed by atoms with Gasteiger partial charge in [0, 0.05) is 6.54 Å². The van der Waals surface area contributed by atoms with Crippen molar-refractivity contribution in [2.75, 3.05) is 11.4 Å². The maximum absolute atomic E-state index is 12.6. The Bertz CT molecular complexity index is 816. The maximum Gasteiger partial charge on any atom is 0.250 e. The number of hydrogen-bond acceptors (Lipinski definition) is 8. The van der Waals surface area contributed by atoms with Gasteiger partial charge in [0.05, 0.1) is 29.1 Å². The van der Waals surface area contributed by atoms with Crippen LogP contribution in [0.5, 0.6) is 0 Å². The summed E-state index contributed by atoms with van der Waals surface area (Å²) in [6.45, 7) is 0.448. The van der Waals surface area contributed by atoms with Crippen molar-refractivity contribution in [3.63, 3.8) is 0 Å². The van der Waals surface area contributed by atoms with Gasteiger partial charge < -0.3 is 10.2 Å². The van der Waals surface area contributed by atoms with Crippen molar-refractivity contribution in [3.05, 3.63) is 17.7 Å². The molecule has 4 rings (SSSR count). The predicted octanol–water partition coefficient (Wildman–Crippen LogP) is -0.379. The Morgan fingerprint density at radius 2 is 2.09 bits per heavy atom. The average molecular weight is 317 g/mol. The van der Waals surface area contributed by atoms with E-state index >= 15 is 0 Å². The fourth-order valence-corrected chi connectivity index (χ4v) is 3.72. The molecule has 2 aliphatic rings. The number of benzene rings is 1. The first-order valence-electron chi connectivity index (χ1n) is 6.74. The van der Waals surface area contributed by atoms with Gasteiger partial charge in [-0.1, -0.05) is 0 Å². The topological polar surface area (TPSA) is 114 Å². The van der Waals surface area contributed by atoms with E-state index in [1.165, 1.54) is 4.90 Å². The minimum absolute atomic E-state index is 0.364. The number of rotatable bonds is 1. The third-order valence-electron chi connectivity index (χ3n) is 4.20. The second-order valence-corrected chi connectivity index (χ2v) is 5.83. The summed E-state index contributed by atoms with van der Waals surface area (Å²) in [7, 11) is 0. The zero-order chi connectivity index (χ0) is 15.4. The lowest BCUT2D eigenvalue weighted by Crippen LogP contribution is -2.39. The quantitative estimate of drug-likeness (QED) is 0.737. The van der Waals surface area contributed by atoms with Gasteiger partial charge in [0.1, 0.15) is 23.1 Å². The van der Waals surface area contributed by atoms with Gasteiger partial charge >= 0.3 is 0 Å². The number of hydrogen-bond donors (Lipinski definition) is 2. The van der Waals surface area contributed by atoms with Crippen molar-refractivity contribution in [1.29, 1.82) is 5.26 Å². The highest BCUT2D eigenvalue weighted by Crippen LogP contribution is 2.36. The summed E-state index contributed by atoms with van der Waals surface area (Å²) in [5, 5.41) is 29.5. The van der Waals surface area contributed by atoms with Crippen molar-refractivity contribution in [2.24, 2.45) is 0 Å². The lowest BCUT2D eigenvalue weighted by Gasteiger charge is -2.24. The largest absolute Gasteiger partial charge is 0.391 e. The van der Waals surface area contributed by atoms with E-state index in [0.717, 1.165) is 11.7 Å². The zero-order valence-corrected chi connectivity index (χ0v) is 12.1. The van der Waals surface area contributed by atoms with Gasteiger partial charge in [-0.3, -0.25) is 9.69 Å². The number of aliphatic hydroxyl groups excluding tert-OH is 2. The minimum atomic E-state index is -1.15. The van der Waals surface area contributed by atoms with Crippen LogP contribution in [0.3, 0.4) is 0 Å². The average Bonchev–Trinajstić information content (AvgIpc) is 3.18. The van der Waals surface area contributed by atoms with E-state index in [4.69, 9.17) is 5.26 Å². The molecule has 1 unspecified atom stereocenters. The molecule has 8 nitrogen and oxygen atoms in total. The van der Waals surface area contributed by atoms with Crippen LogP contribution in [0.4, 0.5) is 5.69 Å². The molecule has 9 heteroatoms. The molecular weight excluding hydrogens is 306 g/mol. The van der Waals surface area contributed by atoms with Crippen molar-refractivity contribution < 1.29 is 15.0 Å². The molecule has 0 spiro atoms. The Hall–Kier alpha value is -2.12.